The van der Waals surface area contributed by atoms with Crippen molar-refractivity contribution in [2.24, 2.45) is 5.11 Å². The number of aromatic nitrogens is 4. The first kappa shape index (κ1) is 30.5. The van der Waals surface area contributed by atoms with Gasteiger partial charge in [-0.1, -0.05) is 25.9 Å². The summed E-state index contributed by atoms with van der Waals surface area (Å²) in [4.78, 5) is 40.6. The number of carboxylic acid groups (broad SMARTS) is 1. The minimum absolute atomic E-state index is 0.0203. The molecular formula is C22H33ClN8O7Si. The summed E-state index contributed by atoms with van der Waals surface area (Å²) >= 11 is 6.18. The van der Waals surface area contributed by atoms with E-state index in [1.807, 2.05) is 33.9 Å². The minimum Gasteiger partial charge on any atom is -0.464 e. The van der Waals surface area contributed by atoms with Gasteiger partial charge in [-0.05, 0) is 56.0 Å². The second kappa shape index (κ2) is 10.9. The van der Waals surface area contributed by atoms with Gasteiger partial charge in [-0.2, -0.15) is 14.9 Å². The molecule has 0 aliphatic carbocycles. The van der Waals surface area contributed by atoms with Crippen molar-refractivity contribution in [3.63, 3.8) is 0 Å². The standard InChI is InChI=1S/C22H33ClN8O7Si/c1-21(2,3)37-20(35)31(19(33)34)16-13-15(26-18(23)27-16)30(10-25-13)17-14(38-39(7,8)22(4,5)6)12(28-29-24)11(9-32)36-17/h10-12,14,17,32H,9H2,1-8H3,(H,33,34)/t11-,12-,14-,17-/m1/s1. The molecule has 17 heteroatoms. The molecule has 214 valence electrons. The molecule has 0 aromatic carbocycles. The largest absolute Gasteiger partial charge is 0.464 e. The first-order valence-electron chi connectivity index (χ1n) is 12.1. The van der Waals surface area contributed by atoms with E-state index in [2.05, 4.69) is 25.0 Å². The van der Waals surface area contributed by atoms with E-state index in [-0.39, 0.29) is 26.4 Å². The Hall–Kier alpha value is -3.01. The fourth-order valence-corrected chi connectivity index (χ4v) is 5.17. The van der Waals surface area contributed by atoms with E-state index in [0.29, 0.717) is 0 Å². The van der Waals surface area contributed by atoms with Crippen molar-refractivity contribution in [3.8, 4) is 0 Å². The Morgan fingerprint density at radius 2 is 1.92 bits per heavy atom. The first-order valence-corrected chi connectivity index (χ1v) is 15.3. The lowest BCUT2D eigenvalue weighted by molar-refractivity contribution is -0.0462. The monoisotopic (exact) mass is 584 g/mol. The van der Waals surface area contributed by atoms with Gasteiger partial charge < -0.3 is 24.1 Å². The van der Waals surface area contributed by atoms with Crippen LogP contribution in [0.5, 0.6) is 0 Å². The number of amides is 2. The average Bonchev–Trinajstić information content (AvgIpc) is 3.33. The van der Waals surface area contributed by atoms with Crippen molar-refractivity contribution in [1.29, 1.82) is 0 Å². The number of hydrogen-bond donors (Lipinski definition) is 2. The summed E-state index contributed by atoms with van der Waals surface area (Å²) in [5, 5.41) is 23.1. The minimum atomic E-state index is -2.48. The van der Waals surface area contributed by atoms with Gasteiger partial charge in [0.15, 0.2) is 31.5 Å². The number of nitrogens with zero attached hydrogens (tertiary/aromatic N) is 8. The van der Waals surface area contributed by atoms with E-state index in [1.54, 1.807) is 20.8 Å². The Morgan fingerprint density at radius 3 is 2.44 bits per heavy atom. The average molecular weight is 585 g/mol. The summed E-state index contributed by atoms with van der Waals surface area (Å²) in [6.45, 7) is 14.4. The van der Waals surface area contributed by atoms with Crippen LogP contribution in [0.2, 0.25) is 23.4 Å². The Balaban J connectivity index is 2.18. The fraction of sp³-hybridized carbons (Fsp3) is 0.682. The van der Waals surface area contributed by atoms with Gasteiger partial charge in [0.25, 0.3) is 0 Å². The Kier molecular flexibility index (Phi) is 8.51. The summed E-state index contributed by atoms with van der Waals surface area (Å²) in [6.07, 6.45) is -4.36. The highest BCUT2D eigenvalue weighted by Gasteiger charge is 2.51. The van der Waals surface area contributed by atoms with Crippen LogP contribution in [0.4, 0.5) is 15.4 Å². The zero-order chi connectivity index (χ0) is 29.5. The zero-order valence-corrected chi connectivity index (χ0v) is 24.7. The molecular weight excluding hydrogens is 552 g/mol. The number of halogens is 1. The molecule has 4 atom stereocenters. The van der Waals surface area contributed by atoms with E-state index < -0.39 is 63.0 Å². The molecule has 1 aliphatic heterocycles. The Bertz CT molecular complexity index is 1300. The summed E-state index contributed by atoms with van der Waals surface area (Å²) < 4.78 is 19.4. The molecule has 39 heavy (non-hydrogen) atoms. The number of imidazole rings is 1. The van der Waals surface area contributed by atoms with Crippen LogP contribution in [0.25, 0.3) is 21.6 Å². The SMILES string of the molecule is CC(C)(C)OC(=O)N(C(=O)O)c1nc(Cl)nc2c1ncn2[C@@H]1O[C@H](CO)[C@@H](N=[N+]=[N-])[C@H]1O[Si](C)(C)C(C)(C)C. The molecule has 1 fully saturated rings. The van der Waals surface area contributed by atoms with Crippen molar-refractivity contribution in [2.45, 2.75) is 89.8 Å². The Labute approximate surface area is 230 Å². The molecule has 3 rings (SSSR count). The van der Waals surface area contributed by atoms with Gasteiger partial charge in [-0.25, -0.2) is 14.6 Å². The molecule has 0 saturated carbocycles. The van der Waals surface area contributed by atoms with Crippen molar-refractivity contribution in [3.05, 3.63) is 22.1 Å². The van der Waals surface area contributed by atoms with Crippen molar-refractivity contribution in [2.75, 3.05) is 11.5 Å². The molecule has 15 nitrogen and oxygen atoms in total. The zero-order valence-electron chi connectivity index (χ0n) is 23.0. The van der Waals surface area contributed by atoms with Crippen LogP contribution in [0.1, 0.15) is 47.8 Å². The normalized spacial score (nSPS) is 22.0. The summed E-state index contributed by atoms with van der Waals surface area (Å²) in [6, 6.07) is -0.898. The van der Waals surface area contributed by atoms with Crippen LogP contribution in [-0.4, -0.2) is 80.7 Å². The topological polar surface area (TPSA) is 198 Å². The van der Waals surface area contributed by atoms with E-state index in [9.17, 15) is 25.3 Å². The third-order valence-electron chi connectivity index (χ3n) is 6.54. The van der Waals surface area contributed by atoms with E-state index in [4.69, 9.17) is 25.5 Å². The number of aliphatic hydroxyl groups excluding tert-OH is 1. The number of aliphatic hydroxyl groups is 1. The molecule has 2 aromatic rings. The van der Waals surface area contributed by atoms with E-state index in [0.717, 1.165) is 0 Å². The number of carbonyl (C=O) groups is 2. The molecule has 0 bridgehead atoms. The van der Waals surface area contributed by atoms with Crippen molar-refractivity contribution in [1.82, 2.24) is 19.5 Å². The number of ether oxygens (including phenoxy) is 2. The van der Waals surface area contributed by atoms with E-state index >= 15 is 0 Å². The quantitative estimate of drug-likeness (QED) is 0.155. The third-order valence-corrected chi connectivity index (χ3v) is 11.2. The number of hydrogen-bond acceptors (Lipinski definition) is 10. The maximum absolute atomic E-state index is 12.8. The number of imide groups is 1. The summed E-state index contributed by atoms with van der Waals surface area (Å²) in [5.41, 5.74) is 8.17. The molecule has 0 radical (unpaired) electrons. The van der Waals surface area contributed by atoms with Crippen LogP contribution < -0.4 is 4.90 Å². The van der Waals surface area contributed by atoms with Gasteiger partial charge in [0, 0.05) is 4.91 Å². The molecule has 0 unspecified atom stereocenters. The highest BCUT2D eigenvalue weighted by atomic mass is 35.5. The smallest absolute Gasteiger partial charge is 0.425 e. The lowest BCUT2D eigenvalue weighted by Crippen LogP contribution is -2.48. The van der Waals surface area contributed by atoms with Crippen LogP contribution >= 0.6 is 11.6 Å². The van der Waals surface area contributed by atoms with Gasteiger partial charge in [0.2, 0.25) is 5.28 Å². The van der Waals surface area contributed by atoms with Crippen LogP contribution in [0.15, 0.2) is 11.4 Å². The lowest BCUT2D eigenvalue weighted by atomic mass is 10.1. The maximum atomic E-state index is 12.8. The highest BCUT2D eigenvalue weighted by molar-refractivity contribution is 6.74. The molecule has 2 aromatic heterocycles. The number of azide groups is 1. The molecule has 3 heterocycles. The number of rotatable bonds is 6. The highest BCUT2D eigenvalue weighted by Crippen LogP contribution is 2.43. The molecule has 2 N–H and O–H groups in total. The Morgan fingerprint density at radius 1 is 1.28 bits per heavy atom. The summed E-state index contributed by atoms with van der Waals surface area (Å²) in [5.74, 6) is -0.421. The van der Waals surface area contributed by atoms with Gasteiger partial charge in [0.05, 0.1) is 25.1 Å². The van der Waals surface area contributed by atoms with Crippen LogP contribution in [0, 0.1) is 0 Å². The second-order valence-electron chi connectivity index (χ2n) is 11.5. The van der Waals surface area contributed by atoms with Crippen LogP contribution in [0.3, 0.4) is 0 Å². The maximum Gasteiger partial charge on any atom is 0.425 e. The molecule has 1 aliphatic rings. The van der Waals surface area contributed by atoms with Crippen LogP contribution in [-0.2, 0) is 13.9 Å². The second-order valence-corrected chi connectivity index (χ2v) is 16.6. The molecule has 2 amide bonds. The van der Waals surface area contributed by atoms with Crippen molar-refractivity contribution < 1.29 is 33.7 Å². The summed E-state index contributed by atoms with van der Waals surface area (Å²) in [7, 11) is -2.48. The van der Waals surface area contributed by atoms with Gasteiger partial charge in [-0.3, -0.25) is 4.57 Å². The van der Waals surface area contributed by atoms with Gasteiger partial charge in [-0.15, -0.1) is 0 Å². The van der Waals surface area contributed by atoms with Gasteiger partial charge >= 0.3 is 12.2 Å². The molecule has 1 saturated heterocycles. The predicted octanol–water partition coefficient (Wildman–Crippen LogP) is 4.86. The molecule has 0 spiro atoms. The third kappa shape index (κ3) is 6.26. The number of carbonyl (C=O) groups excluding carboxylic acids is 1. The van der Waals surface area contributed by atoms with E-state index in [1.165, 1.54) is 10.9 Å². The number of anilines is 1. The first-order chi connectivity index (χ1) is 17.9. The number of fused-ring (bicyclic) bond motifs is 1. The van der Waals surface area contributed by atoms with Gasteiger partial charge in [0.1, 0.15) is 11.7 Å². The lowest BCUT2D eigenvalue weighted by Gasteiger charge is -2.40. The fourth-order valence-electron chi connectivity index (χ4n) is 3.72. The predicted molar refractivity (Wildman–Crippen MR) is 143 cm³/mol. The van der Waals surface area contributed by atoms with Crippen molar-refractivity contribution >= 4 is 49.1 Å².